The minimum Gasteiger partial charge on any atom is -0.399 e. The van der Waals surface area contributed by atoms with Crippen LogP contribution in [0.5, 0.6) is 0 Å². The molecule has 0 aliphatic heterocycles. The van der Waals surface area contributed by atoms with E-state index < -0.39 is 0 Å². The normalized spacial score (nSPS) is 10.0. The Kier molecular flexibility index (Phi) is 3.36. The van der Waals surface area contributed by atoms with E-state index in [9.17, 15) is 0 Å². The maximum absolute atomic E-state index is 8.99. The average Bonchev–Trinajstić information content (AvgIpc) is 2.56. The van der Waals surface area contributed by atoms with Crippen molar-refractivity contribution in [2.45, 2.75) is 0 Å². The van der Waals surface area contributed by atoms with Crippen molar-refractivity contribution in [3.05, 3.63) is 72.3 Å². The zero-order valence-electron chi connectivity index (χ0n) is 11.3. The van der Waals surface area contributed by atoms with E-state index >= 15 is 0 Å². The molecule has 0 bridgehead atoms. The molecule has 3 aromatic rings. The van der Waals surface area contributed by atoms with Crippen LogP contribution in [0.25, 0.3) is 22.5 Å². The van der Waals surface area contributed by atoms with Crippen LogP contribution < -0.4 is 5.73 Å². The van der Waals surface area contributed by atoms with E-state index in [0.717, 1.165) is 28.2 Å². The minimum absolute atomic E-state index is 0.632. The van der Waals surface area contributed by atoms with Crippen LogP contribution in [0.1, 0.15) is 5.56 Å². The molecule has 3 nitrogen and oxygen atoms in total. The first kappa shape index (κ1) is 12.9. The summed E-state index contributed by atoms with van der Waals surface area (Å²) < 4.78 is 0. The summed E-state index contributed by atoms with van der Waals surface area (Å²) in [7, 11) is 0. The van der Waals surface area contributed by atoms with Crippen molar-refractivity contribution in [2.24, 2.45) is 0 Å². The lowest BCUT2D eigenvalue weighted by atomic mass is 10.1. The summed E-state index contributed by atoms with van der Waals surface area (Å²) in [6.45, 7) is 0. The molecular formula is C18H13N3. The van der Waals surface area contributed by atoms with Gasteiger partial charge in [0.25, 0.3) is 0 Å². The van der Waals surface area contributed by atoms with Gasteiger partial charge in [0.05, 0.1) is 23.0 Å². The van der Waals surface area contributed by atoms with Gasteiger partial charge in [-0.1, -0.05) is 30.3 Å². The Labute approximate surface area is 123 Å². The van der Waals surface area contributed by atoms with Crippen molar-refractivity contribution in [3.8, 4) is 28.6 Å². The molecule has 0 atom stereocenters. The molecule has 0 fully saturated rings. The van der Waals surface area contributed by atoms with Gasteiger partial charge in [-0.05, 0) is 36.4 Å². The van der Waals surface area contributed by atoms with Gasteiger partial charge in [-0.2, -0.15) is 5.26 Å². The van der Waals surface area contributed by atoms with Crippen LogP contribution in [0.3, 0.4) is 0 Å². The van der Waals surface area contributed by atoms with Crippen LogP contribution in [0, 0.1) is 11.3 Å². The van der Waals surface area contributed by atoms with Crippen molar-refractivity contribution < 1.29 is 0 Å². The fraction of sp³-hybridized carbons (Fsp3) is 0. The standard InChI is InChI=1S/C18H13N3/c19-12-13-3-1-4-15(11-13)18-6-2-5-17(21-18)14-7-9-16(20)10-8-14/h1-11H,20H2. The quantitative estimate of drug-likeness (QED) is 0.720. The van der Waals surface area contributed by atoms with Crippen LogP contribution in [0.15, 0.2) is 66.7 Å². The van der Waals surface area contributed by atoms with E-state index in [1.807, 2.05) is 60.7 Å². The summed E-state index contributed by atoms with van der Waals surface area (Å²) in [4.78, 5) is 4.67. The second-order valence-electron chi connectivity index (χ2n) is 4.72. The van der Waals surface area contributed by atoms with E-state index in [1.165, 1.54) is 0 Å². The van der Waals surface area contributed by atoms with Crippen molar-refractivity contribution in [1.82, 2.24) is 4.98 Å². The maximum atomic E-state index is 8.99. The Morgan fingerprint density at radius 1 is 0.810 bits per heavy atom. The summed E-state index contributed by atoms with van der Waals surface area (Å²) in [6.07, 6.45) is 0. The third-order valence-electron chi connectivity index (χ3n) is 3.24. The number of nitrogen functional groups attached to an aromatic ring is 1. The molecule has 1 heterocycles. The topological polar surface area (TPSA) is 62.7 Å². The molecule has 2 N–H and O–H groups in total. The first-order valence-corrected chi connectivity index (χ1v) is 6.60. The Bertz CT molecular complexity index is 814. The van der Waals surface area contributed by atoms with E-state index in [1.54, 1.807) is 6.07 Å². The lowest BCUT2D eigenvalue weighted by Gasteiger charge is -2.06. The molecule has 0 aliphatic rings. The molecule has 1 aromatic heterocycles. The molecule has 3 heteroatoms. The Hall–Kier alpha value is -3.12. The number of hydrogen-bond donors (Lipinski definition) is 1. The number of benzene rings is 2. The highest BCUT2D eigenvalue weighted by Crippen LogP contribution is 2.23. The number of anilines is 1. The zero-order valence-corrected chi connectivity index (χ0v) is 11.3. The summed E-state index contributed by atoms with van der Waals surface area (Å²) >= 11 is 0. The molecule has 0 saturated carbocycles. The smallest absolute Gasteiger partial charge is 0.0991 e. The molecule has 0 amide bonds. The molecule has 3 rings (SSSR count). The summed E-state index contributed by atoms with van der Waals surface area (Å²) in [5.74, 6) is 0. The average molecular weight is 271 g/mol. The van der Waals surface area contributed by atoms with Gasteiger partial charge >= 0.3 is 0 Å². The Balaban J connectivity index is 2.04. The van der Waals surface area contributed by atoms with Crippen LogP contribution in [0.4, 0.5) is 5.69 Å². The van der Waals surface area contributed by atoms with E-state index in [2.05, 4.69) is 11.1 Å². The van der Waals surface area contributed by atoms with Gasteiger partial charge in [0.2, 0.25) is 0 Å². The first-order valence-electron chi connectivity index (χ1n) is 6.60. The SMILES string of the molecule is N#Cc1cccc(-c2cccc(-c3ccc(N)cc3)n2)c1. The summed E-state index contributed by atoms with van der Waals surface area (Å²) in [5.41, 5.74) is 10.8. The predicted octanol–water partition coefficient (Wildman–Crippen LogP) is 3.87. The minimum atomic E-state index is 0.632. The second kappa shape index (κ2) is 5.48. The highest BCUT2D eigenvalue weighted by molar-refractivity contribution is 5.67. The van der Waals surface area contributed by atoms with Gasteiger partial charge in [-0.3, -0.25) is 0 Å². The second-order valence-corrected chi connectivity index (χ2v) is 4.72. The molecule has 0 aliphatic carbocycles. The van der Waals surface area contributed by atoms with Gasteiger partial charge < -0.3 is 5.73 Å². The fourth-order valence-corrected chi connectivity index (χ4v) is 2.16. The van der Waals surface area contributed by atoms with Gasteiger partial charge in [0, 0.05) is 16.8 Å². The molecule has 0 saturated heterocycles. The predicted molar refractivity (Wildman–Crippen MR) is 84.2 cm³/mol. The third kappa shape index (κ3) is 2.75. The molecule has 2 aromatic carbocycles. The van der Waals surface area contributed by atoms with Crippen LogP contribution in [0.2, 0.25) is 0 Å². The van der Waals surface area contributed by atoms with Crippen LogP contribution in [-0.4, -0.2) is 4.98 Å². The van der Waals surface area contributed by atoms with E-state index in [0.29, 0.717) is 5.56 Å². The number of pyridine rings is 1. The number of nitrogens with two attached hydrogens (primary N) is 1. The van der Waals surface area contributed by atoms with Crippen molar-refractivity contribution in [2.75, 3.05) is 5.73 Å². The van der Waals surface area contributed by atoms with Gasteiger partial charge in [-0.25, -0.2) is 4.98 Å². The number of aromatic nitrogens is 1. The Morgan fingerprint density at radius 3 is 2.19 bits per heavy atom. The van der Waals surface area contributed by atoms with Gasteiger partial charge in [-0.15, -0.1) is 0 Å². The fourth-order valence-electron chi connectivity index (χ4n) is 2.16. The van der Waals surface area contributed by atoms with E-state index in [4.69, 9.17) is 11.0 Å². The molecule has 0 radical (unpaired) electrons. The highest BCUT2D eigenvalue weighted by atomic mass is 14.7. The lowest BCUT2D eigenvalue weighted by Crippen LogP contribution is -1.89. The molecule has 0 spiro atoms. The number of nitrogens with zero attached hydrogens (tertiary/aromatic N) is 2. The van der Waals surface area contributed by atoms with Crippen molar-refractivity contribution in [3.63, 3.8) is 0 Å². The van der Waals surface area contributed by atoms with Crippen LogP contribution in [-0.2, 0) is 0 Å². The number of rotatable bonds is 2. The van der Waals surface area contributed by atoms with Crippen LogP contribution >= 0.6 is 0 Å². The first-order chi connectivity index (χ1) is 10.3. The summed E-state index contributed by atoms with van der Waals surface area (Å²) in [6, 6.07) is 23.1. The van der Waals surface area contributed by atoms with Gasteiger partial charge in [0.15, 0.2) is 0 Å². The number of hydrogen-bond acceptors (Lipinski definition) is 3. The zero-order chi connectivity index (χ0) is 14.7. The lowest BCUT2D eigenvalue weighted by molar-refractivity contribution is 1.32. The third-order valence-corrected chi connectivity index (χ3v) is 3.24. The van der Waals surface area contributed by atoms with Crippen molar-refractivity contribution >= 4 is 5.69 Å². The summed E-state index contributed by atoms with van der Waals surface area (Å²) in [5, 5.41) is 8.99. The maximum Gasteiger partial charge on any atom is 0.0991 e. The largest absolute Gasteiger partial charge is 0.399 e. The highest BCUT2D eigenvalue weighted by Gasteiger charge is 2.04. The molecule has 21 heavy (non-hydrogen) atoms. The van der Waals surface area contributed by atoms with Gasteiger partial charge in [0.1, 0.15) is 0 Å². The molecule has 0 unspecified atom stereocenters. The Morgan fingerprint density at radius 2 is 1.48 bits per heavy atom. The van der Waals surface area contributed by atoms with E-state index in [-0.39, 0.29) is 0 Å². The monoisotopic (exact) mass is 271 g/mol. The number of nitriles is 1. The van der Waals surface area contributed by atoms with Crippen molar-refractivity contribution in [1.29, 1.82) is 5.26 Å². The molecular weight excluding hydrogens is 258 g/mol. The molecule has 100 valence electrons.